The smallest absolute Gasteiger partial charge is 0.277 e. The van der Waals surface area contributed by atoms with Crippen molar-refractivity contribution in [1.82, 2.24) is 19.7 Å². The molecule has 6 heteroatoms. The van der Waals surface area contributed by atoms with Crippen molar-refractivity contribution in [2.24, 2.45) is 0 Å². The van der Waals surface area contributed by atoms with E-state index in [4.69, 9.17) is 0 Å². The van der Waals surface area contributed by atoms with Gasteiger partial charge in [0.15, 0.2) is 0 Å². The summed E-state index contributed by atoms with van der Waals surface area (Å²) < 4.78 is 1.29. The highest BCUT2D eigenvalue weighted by Crippen LogP contribution is 2.15. The van der Waals surface area contributed by atoms with E-state index >= 15 is 0 Å². The zero-order chi connectivity index (χ0) is 18.8. The summed E-state index contributed by atoms with van der Waals surface area (Å²) in [4.78, 5) is 32.2. The Hall–Kier alpha value is -3.67. The van der Waals surface area contributed by atoms with Crippen LogP contribution in [0.2, 0.25) is 0 Å². The Morgan fingerprint density at radius 1 is 0.963 bits per heavy atom. The van der Waals surface area contributed by atoms with Crippen LogP contribution in [-0.2, 0) is 6.42 Å². The minimum absolute atomic E-state index is 0.175. The summed E-state index contributed by atoms with van der Waals surface area (Å²) in [5, 5.41) is 3.03. The molecule has 2 N–H and O–H groups in total. The van der Waals surface area contributed by atoms with Crippen LogP contribution >= 0.6 is 0 Å². The number of H-pyrrole nitrogens is 2. The van der Waals surface area contributed by atoms with E-state index < -0.39 is 0 Å². The first-order chi connectivity index (χ1) is 13.1. The Morgan fingerprint density at radius 3 is 2.33 bits per heavy atom. The fourth-order valence-electron chi connectivity index (χ4n) is 3.05. The lowest BCUT2D eigenvalue weighted by Gasteiger charge is -2.04. The molecule has 134 valence electrons. The van der Waals surface area contributed by atoms with Gasteiger partial charge in [0, 0.05) is 29.3 Å². The Bertz CT molecular complexity index is 1190. The molecule has 0 bridgehead atoms. The fraction of sp³-hybridized carbons (Fsp3) is 0.0952. The molecule has 0 atom stereocenters. The Morgan fingerprint density at radius 2 is 1.63 bits per heavy atom. The van der Waals surface area contributed by atoms with Gasteiger partial charge in [-0.15, -0.1) is 0 Å². The van der Waals surface area contributed by atoms with E-state index in [-0.39, 0.29) is 17.1 Å². The second-order valence-corrected chi connectivity index (χ2v) is 6.34. The molecule has 4 rings (SSSR count). The molecular formula is C21H18N4O2. The molecule has 27 heavy (non-hydrogen) atoms. The van der Waals surface area contributed by atoms with Crippen molar-refractivity contribution in [2.45, 2.75) is 13.3 Å². The van der Waals surface area contributed by atoms with E-state index in [9.17, 15) is 9.59 Å². The zero-order valence-corrected chi connectivity index (χ0v) is 14.8. The van der Waals surface area contributed by atoms with E-state index in [1.54, 1.807) is 0 Å². The number of hydrogen-bond donors (Lipinski definition) is 2. The number of benzene rings is 2. The summed E-state index contributed by atoms with van der Waals surface area (Å²) in [7, 11) is 0. The molecule has 0 radical (unpaired) electrons. The highest BCUT2D eigenvalue weighted by Gasteiger charge is 2.15. The molecular weight excluding hydrogens is 340 g/mol. The first kappa shape index (κ1) is 16.8. The molecule has 4 aromatic rings. The SMILES string of the molecule is Cc1[nH]n(-c2nc(-c3ccccc3)cc(=O)[nH]2)c(=O)c1Cc1ccccc1. The lowest BCUT2D eigenvalue weighted by Crippen LogP contribution is -2.23. The standard InChI is InChI=1S/C21H18N4O2/c1-14-17(12-15-8-4-2-5-9-15)20(27)25(24-14)21-22-18(13-19(26)23-21)16-10-6-3-7-11-16/h2-11,13,24H,12H2,1H3,(H,22,23,26). The largest absolute Gasteiger partial charge is 0.292 e. The minimum Gasteiger partial charge on any atom is -0.292 e. The van der Waals surface area contributed by atoms with Crippen LogP contribution in [0.25, 0.3) is 17.2 Å². The second kappa shape index (κ2) is 6.92. The van der Waals surface area contributed by atoms with Crippen LogP contribution in [0.1, 0.15) is 16.8 Å². The molecule has 0 saturated heterocycles. The summed E-state index contributed by atoms with van der Waals surface area (Å²) in [6.07, 6.45) is 0.512. The highest BCUT2D eigenvalue weighted by molar-refractivity contribution is 5.58. The van der Waals surface area contributed by atoms with Crippen LogP contribution in [0.4, 0.5) is 0 Å². The summed E-state index contributed by atoms with van der Waals surface area (Å²) in [6, 6.07) is 20.6. The van der Waals surface area contributed by atoms with E-state index in [0.29, 0.717) is 17.7 Å². The highest BCUT2D eigenvalue weighted by atomic mass is 16.1. The predicted octanol–water partition coefficient (Wildman–Crippen LogP) is 2.82. The van der Waals surface area contributed by atoms with Crippen molar-refractivity contribution in [3.63, 3.8) is 0 Å². The topological polar surface area (TPSA) is 83.5 Å². The molecule has 0 amide bonds. The molecule has 0 spiro atoms. The minimum atomic E-state index is -0.317. The Kier molecular flexibility index (Phi) is 4.30. The van der Waals surface area contributed by atoms with E-state index in [1.165, 1.54) is 10.7 Å². The molecule has 0 aliphatic carbocycles. The van der Waals surface area contributed by atoms with Crippen molar-refractivity contribution < 1.29 is 0 Å². The number of nitrogens with one attached hydrogen (secondary N) is 2. The van der Waals surface area contributed by atoms with E-state index in [1.807, 2.05) is 67.6 Å². The molecule has 0 aliphatic rings. The van der Waals surface area contributed by atoms with Gasteiger partial charge in [-0.3, -0.25) is 19.7 Å². The lowest BCUT2D eigenvalue weighted by molar-refractivity contribution is 0.769. The van der Waals surface area contributed by atoms with Gasteiger partial charge in [0.2, 0.25) is 5.95 Å². The third kappa shape index (κ3) is 3.37. The van der Waals surface area contributed by atoms with Gasteiger partial charge in [-0.05, 0) is 12.5 Å². The lowest BCUT2D eigenvalue weighted by atomic mass is 10.1. The average Bonchev–Trinajstić information content (AvgIpc) is 2.97. The number of rotatable bonds is 4. The van der Waals surface area contributed by atoms with Crippen molar-refractivity contribution in [2.75, 3.05) is 0 Å². The predicted molar refractivity (Wildman–Crippen MR) is 104 cm³/mol. The fourth-order valence-corrected chi connectivity index (χ4v) is 3.05. The van der Waals surface area contributed by atoms with Gasteiger partial charge in [0.25, 0.3) is 11.1 Å². The van der Waals surface area contributed by atoms with E-state index in [2.05, 4.69) is 15.1 Å². The molecule has 2 heterocycles. The number of aromatic nitrogens is 4. The molecule has 2 aromatic heterocycles. The van der Waals surface area contributed by atoms with Gasteiger partial charge in [-0.1, -0.05) is 60.7 Å². The van der Waals surface area contributed by atoms with E-state index in [0.717, 1.165) is 16.8 Å². The van der Waals surface area contributed by atoms with Gasteiger partial charge < -0.3 is 0 Å². The van der Waals surface area contributed by atoms with Crippen LogP contribution in [0, 0.1) is 6.92 Å². The van der Waals surface area contributed by atoms with Crippen LogP contribution in [0.5, 0.6) is 0 Å². The number of aromatic amines is 2. The number of nitrogens with zero attached hydrogens (tertiary/aromatic N) is 2. The van der Waals surface area contributed by atoms with Crippen LogP contribution in [0.3, 0.4) is 0 Å². The quantitative estimate of drug-likeness (QED) is 0.588. The van der Waals surface area contributed by atoms with Crippen molar-refractivity contribution in [3.05, 3.63) is 104 Å². The summed E-state index contributed by atoms with van der Waals surface area (Å²) in [6.45, 7) is 1.84. The zero-order valence-electron chi connectivity index (χ0n) is 14.8. The molecule has 0 fully saturated rings. The normalized spacial score (nSPS) is 10.9. The summed E-state index contributed by atoms with van der Waals surface area (Å²) in [5.41, 5.74) is 3.23. The molecule has 0 unspecified atom stereocenters. The van der Waals surface area contributed by atoms with Gasteiger partial charge in [-0.25, -0.2) is 4.98 Å². The monoisotopic (exact) mass is 358 g/mol. The number of aryl methyl sites for hydroxylation is 1. The molecule has 0 saturated carbocycles. The van der Waals surface area contributed by atoms with Crippen LogP contribution in [0.15, 0.2) is 76.3 Å². The van der Waals surface area contributed by atoms with Gasteiger partial charge in [-0.2, -0.15) is 4.68 Å². The third-order valence-electron chi connectivity index (χ3n) is 4.43. The van der Waals surface area contributed by atoms with Gasteiger partial charge in [0.1, 0.15) is 0 Å². The Labute approximate surface area is 155 Å². The maximum Gasteiger partial charge on any atom is 0.277 e. The first-order valence-corrected chi connectivity index (χ1v) is 8.63. The summed E-state index contributed by atoms with van der Waals surface area (Å²) in [5.74, 6) is 0.175. The van der Waals surface area contributed by atoms with Gasteiger partial charge in [0.05, 0.1) is 5.69 Å². The second-order valence-electron chi connectivity index (χ2n) is 6.34. The number of hydrogen-bond acceptors (Lipinski definition) is 3. The molecule has 0 aliphatic heterocycles. The Balaban J connectivity index is 1.79. The third-order valence-corrected chi connectivity index (χ3v) is 4.43. The molecule has 6 nitrogen and oxygen atoms in total. The van der Waals surface area contributed by atoms with Crippen molar-refractivity contribution in [3.8, 4) is 17.2 Å². The maximum absolute atomic E-state index is 12.9. The molecule has 2 aromatic carbocycles. The van der Waals surface area contributed by atoms with Crippen LogP contribution in [-0.4, -0.2) is 19.7 Å². The average molecular weight is 358 g/mol. The first-order valence-electron chi connectivity index (χ1n) is 8.63. The maximum atomic E-state index is 12.9. The van der Waals surface area contributed by atoms with Crippen molar-refractivity contribution >= 4 is 0 Å². The van der Waals surface area contributed by atoms with Crippen molar-refractivity contribution in [1.29, 1.82) is 0 Å². The van der Waals surface area contributed by atoms with Gasteiger partial charge >= 0.3 is 0 Å². The summed E-state index contributed by atoms with van der Waals surface area (Å²) >= 11 is 0. The van der Waals surface area contributed by atoms with Crippen LogP contribution < -0.4 is 11.1 Å².